The minimum absolute atomic E-state index is 0.231. The molecule has 0 aromatic heterocycles. The van der Waals surface area contributed by atoms with Gasteiger partial charge in [-0.2, -0.15) is 5.26 Å². The summed E-state index contributed by atoms with van der Waals surface area (Å²) in [5, 5.41) is 9.02. The van der Waals surface area contributed by atoms with E-state index in [4.69, 9.17) is 26.3 Å². The minimum atomic E-state index is -0.642. The van der Waals surface area contributed by atoms with Crippen LogP contribution in [0.3, 0.4) is 0 Å². The Labute approximate surface area is 134 Å². The first-order valence-electron chi connectivity index (χ1n) is 6.59. The van der Waals surface area contributed by atoms with Crippen LogP contribution in [-0.4, -0.2) is 43.6 Å². The van der Waals surface area contributed by atoms with E-state index in [1.54, 1.807) is 32.2 Å². The van der Waals surface area contributed by atoms with Crippen LogP contribution in [0.1, 0.15) is 12.0 Å². The molecule has 0 saturated heterocycles. The fourth-order valence-corrected chi connectivity index (χ4v) is 1.77. The Kier molecular flexibility index (Phi) is 7.20. The largest absolute Gasteiger partial charge is 0.482 e. The molecule has 1 aromatic rings. The van der Waals surface area contributed by atoms with Gasteiger partial charge in [0, 0.05) is 18.6 Å². The van der Waals surface area contributed by atoms with E-state index < -0.39 is 5.97 Å². The number of ether oxygens (including phenoxy) is 2. The van der Waals surface area contributed by atoms with E-state index in [-0.39, 0.29) is 25.5 Å². The van der Waals surface area contributed by atoms with Gasteiger partial charge in [0.15, 0.2) is 13.2 Å². The highest BCUT2D eigenvalue weighted by Gasteiger charge is 2.12. The van der Waals surface area contributed by atoms with Crippen molar-refractivity contribution in [3.63, 3.8) is 0 Å². The normalized spacial score (nSPS) is 9.73. The highest BCUT2D eigenvalue weighted by Crippen LogP contribution is 2.21. The monoisotopic (exact) mass is 324 g/mol. The maximum Gasteiger partial charge on any atom is 0.344 e. The predicted molar refractivity (Wildman–Crippen MR) is 80.5 cm³/mol. The molecule has 22 heavy (non-hydrogen) atoms. The number of nitrogens with zero attached hydrogens (tertiary/aromatic N) is 2. The lowest BCUT2D eigenvalue weighted by molar-refractivity contribution is -0.153. The number of carbonyl (C=O) groups is 2. The lowest BCUT2D eigenvalue weighted by Crippen LogP contribution is -2.32. The van der Waals surface area contributed by atoms with Gasteiger partial charge in [-0.05, 0) is 30.7 Å². The molecule has 0 aliphatic carbocycles. The van der Waals surface area contributed by atoms with E-state index in [1.807, 2.05) is 6.07 Å². The highest BCUT2D eigenvalue weighted by molar-refractivity contribution is 6.30. The van der Waals surface area contributed by atoms with Gasteiger partial charge < -0.3 is 14.4 Å². The number of nitriles is 1. The van der Waals surface area contributed by atoms with Crippen LogP contribution in [0.2, 0.25) is 5.02 Å². The summed E-state index contributed by atoms with van der Waals surface area (Å²) in [5.74, 6) is -0.485. The Morgan fingerprint density at radius 2 is 2.09 bits per heavy atom. The molecule has 6 nitrogen and oxygen atoms in total. The highest BCUT2D eigenvalue weighted by atomic mass is 35.5. The van der Waals surface area contributed by atoms with Crippen molar-refractivity contribution in [3.8, 4) is 11.8 Å². The summed E-state index contributed by atoms with van der Waals surface area (Å²) in [6, 6.07) is 6.97. The molecule has 7 heteroatoms. The van der Waals surface area contributed by atoms with Crippen LogP contribution < -0.4 is 4.74 Å². The minimum Gasteiger partial charge on any atom is -0.482 e. The quantitative estimate of drug-likeness (QED) is 0.716. The Morgan fingerprint density at radius 1 is 1.36 bits per heavy atom. The summed E-state index contributed by atoms with van der Waals surface area (Å²) < 4.78 is 10.1. The summed E-state index contributed by atoms with van der Waals surface area (Å²) >= 11 is 5.82. The van der Waals surface area contributed by atoms with E-state index >= 15 is 0 Å². The molecule has 0 unspecified atom stereocenters. The molecule has 0 fully saturated rings. The van der Waals surface area contributed by atoms with Gasteiger partial charge in [0.25, 0.3) is 5.91 Å². The fraction of sp³-hybridized carbons (Fsp3) is 0.400. The molecule has 0 aliphatic heterocycles. The Morgan fingerprint density at radius 3 is 2.73 bits per heavy atom. The summed E-state index contributed by atoms with van der Waals surface area (Å²) in [7, 11) is 1.54. The maximum absolute atomic E-state index is 11.6. The van der Waals surface area contributed by atoms with Gasteiger partial charge in [-0.3, -0.25) is 4.79 Å². The van der Waals surface area contributed by atoms with Crippen LogP contribution in [0.4, 0.5) is 0 Å². The molecular formula is C15H17ClN2O4. The average molecular weight is 325 g/mol. The van der Waals surface area contributed by atoms with Crippen molar-refractivity contribution in [1.29, 1.82) is 5.26 Å². The standard InChI is InChI=1S/C15H17ClN2O4/c1-11-8-12(16)4-5-13(11)21-10-15(20)22-9-14(19)18(2)7-3-6-17/h4-5,8H,3,7,9-10H2,1-2H3. The molecule has 0 radical (unpaired) electrons. The second kappa shape index (κ2) is 8.90. The number of hydrogen-bond donors (Lipinski definition) is 0. The third-order valence-corrected chi connectivity index (χ3v) is 3.06. The number of carbonyl (C=O) groups excluding carboxylic acids is 2. The van der Waals surface area contributed by atoms with Gasteiger partial charge in [0.2, 0.25) is 0 Å². The van der Waals surface area contributed by atoms with Crippen molar-refractivity contribution in [1.82, 2.24) is 4.90 Å². The van der Waals surface area contributed by atoms with Gasteiger partial charge in [-0.25, -0.2) is 4.79 Å². The topological polar surface area (TPSA) is 79.6 Å². The van der Waals surface area contributed by atoms with Crippen LogP contribution >= 0.6 is 11.6 Å². The van der Waals surface area contributed by atoms with Crippen LogP contribution in [0, 0.1) is 18.3 Å². The van der Waals surface area contributed by atoms with Gasteiger partial charge in [0.1, 0.15) is 5.75 Å². The van der Waals surface area contributed by atoms with Crippen molar-refractivity contribution in [2.45, 2.75) is 13.3 Å². The van der Waals surface area contributed by atoms with E-state index in [9.17, 15) is 9.59 Å². The van der Waals surface area contributed by atoms with Crippen molar-refractivity contribution in [2.24, 2.45) is 0 Å². The number of hydrogen-bond acceptors (Lipinski definition) is 5. The summed E-state index contributed by atoms with van der Waals surface area (Å²) in [4.78, 5) is 24.5. The molecule has 0 spiro atoms. The third kappa shape index (κ3) is 6.02. The van der Waals surface area contributed by atoms with Crippen molar-refractivity contribution >= 4 is 23.5 Å². The molecule has 0 N–H and O–H groups in total. The number of amides is 1. The summed E-state index contributed by atoms with van der Waals surface area (Å²) in [6.45, 7) is 1.44. The van der Waals surface area contributed by atoms with Crippen molar-refractivity contribution < 1.29 is 19.1 Å². The number of aryl methyl sites for hydroxylation is 1. The molecule has 1 rings (SSSR count). The second-order valence-corrected chi connectivity index (χ2v) is 5.02. The summed E-state index contributed by atoms with van der Waals surface area (Å²) in [6.07, 6.45) is 0.231. The molecule has 1 aromatic carbocycles. The van der Waals surface area contributed by atoms with Gasteiger partial charge in [-0.15, -0.1) is 0 Å². The molecule has 118 valence electrons. The van der Waals surface area contributed by atoms with Crippen LogP contribution in [0.15, 0.2) is 18.2 Å². The van der Waals surface area contributed by atoms with E-state index in [2.05, 4.69) is 0 Å². The average Bonchev–Trinajstić information content (AvgIpc) is 2.49. The van der Waals surface area contributed by atoms with E-state index in [1.165, 1.54) is 4.90 Å². The first-order valence-corrected chi connectivity index (χ1v) is 6.97. The van der Waals surface area contributed by atoms with E-state index in [0.717, 1.165) is 5.56 Å². The molecule has 0 aliphatic rings. The molecule has 0 bridgehead atoms. The Balaban J connectivity index is 2.34. The SMILES string of the molecule is Cc1cc(Cl)ccc1OCC(=O)OCC(=O)N(C)CCC#N. The predicted octanol–water partition coefficient (Wildman–Crippen LogP) is 1.94. The Hall–Kier alpha value is -2.26. The summed E-state index contributed by atoms with van der Waals surface area (Å²) in [5.41, 5.74) is 0.799. The first-order chi connectivity index (χ1) is 10.4. The van der Waals surface area contributed by atoms with Crippen LogP contribution in [0.5, 0.6) is 5.75 Å². The van der Waals surface area contributed by atoms with Crippen LogP contribution in [0.25, 0.3) is 0 Å². The number of rotatable bonds is 7. The smallest absolute Gasteiger partial charge is 0.344 e. The number of likely N-dealkylation sites (N-methyl/N-ethyl adjacent to an activating group) is 1. The van der Waals surface area contributed by atoms with Gasteiger partial charge in [-0.1, -0.05) is 11.6 Å². The number of halogens is 1. The van der Waals surface area contributed by atoms with Crippen molar-refractivity contribution in [2.75, 3.05) is 26.8 Å². The zero-order chi connectivity index (χ0) is 16.5. The van der Waals surface area contributed by atoms with E-state index in [0.29, 0.717) is 17.3 Å². The zero-order valence-corrected chi connectivity index (χ0v) is 13.2. The first kappa shape index (κ1) is 17.8. The van der Waals surface area contributed by atoms with Crippen molar-refractivity contribution in [3.05, 3.63) is 28.8 Å². The molecule has 0 heterocycles. The third-order valence-electron chi connectivity index (χ3n) is 2.82. The van der Waals surface area contributed by atoms with Gasteiger partial charge in [0.05, 0.1) is 12.5 Å². The molecule has 1 amide bonds. The molecular weight excluding hydrogens is 308 g/mol. The number of benzene rings is 1. The lowest BCUT2D eigenvalue weighted by atomic mass is 10.2. The number of esters is 1. The van der Waals surface area contributed by atoms with Gasteiger partial charge >= 0.3 is 5.97 Å². The zero-order valence-electron chi connectivity index (χ0n) is 12.5. The van der Waals surface area contributed by atoms with Crippen LogP contribution in [-0.2, 0) is 14.3 Å². The fourth-order valence-electron chi connectivity index (χ4n) is 1.55. The lowest BCUT2D eigenvalue weighted by Gasteiger charge is -2.15. The second-order valence-electron chi connectivity index (χ2n) is 4.58. The Bertz CT molecular complexity index is 583. The maximum atomic E-state index is 11.6. The molecule has 0 saturated carbocycles. The molecule has 0 atom stereocenters.